The van der Waals surface area contributed by atoms with Gasteiger partial charge in [0.15, 0.2) is 0 Å². The zero-order valence-electron chi connectivity index (χ0n) is 16.3. The molecule has 0 spiro atoms. The van der Waals surface area contributed by atoms with E-state index in [0.717, 1.165) is 5.56 Å². The molecule has 0 fully saturated rings. The van der Waals surface area contributed by atoms with Gasteiger partial charge in [0.05, 0.1) is 7.11 Å². The lowest BCUT2D eigenvalue weighted by atomic mass is 10.1. The van der Waals surface area contributed by atoms with Crippen LogP contribution in [0.2, 0.25) is 0 Å². The lowest BCUT2D eigenvalue weighted by molar-refractivity contribution is -0.156. The van der Waals surface area contributed by atoms with E-state index >= 15 is 0 Å². The van der Waals surface area contributed by atoms with Crippen LogP contribution in [0.5, 0.6) is 0 Å². The Morgan fingerprint density at radius 1 is 0.833 bits per heavy atom. The highest BCUT2D eigenvalue weighted by molar-refractivity contribution is 5.88. The van der Waals surface area contributed by atoms with Gasteiger partial charge in [-0.2, -0.15) is 0 Å². The second-order valence-corrected chi connectivity index (χ2v) is 5.99. The van der Waals surface area contributed by atoms with Gasteiger partial charge in [0.25, 0.3) is 5.91 Å². The van der Waals surface area contributed by atoms with Gasteiger partial charge >= 0.3 is 18.0 Å². The first-order valence-corrected chi connectivity index (χ1v) is 9.03. The molecule has 0 aliphatic heterocycles. The lowest BCUT2D eigenvalue weighted by Gasteiger charge is -2.18. The summed E-state index contributed by atoms with van der Waals surface area (Å²) < 4.78 is 14.7. The first-order valence-electron chi connectivity index (χ1n) is 9.03. The average molecular weight is 414 g/mol. The summed E-state index contributed by atoms with van der Waals surface area (Å²) in [6.45, 7) is -0.828. The quantitative estimate of drug-likeness (QED) is 0.471. The van der Waals surface area contributed by atoms with Crippen LogP contribution in [0.4, 0.5) is 4.79 Å². The van der Waals surface area contributed by atoms with Crippen LogP contribution in [0.3, 0.4) is 0 Å². The van der Waals surface area contributed by atoms with Gasteiger partial charge in [0.1, 0.15) is 19.7 Å². The Labute approximate surface area is 173 Å². The van der Waals surface area contributed by atoms with Crippen LogP contribution in [-0.2, 0) is 35.2 Å². The molecule has 2 N–H and O–H groups in total. The van der Waals surface area contributed by atoms with Crippen LogP contribution in [0.15, 0.2) is 60.7 Å². The monoisotopic (exact) mass is 414 g/mol. The van der Waals surface area contributed by atoms with E-state index in [4.69, 9.17) is 9.47 Å². The van der Waals surface area contributed by atoms with Crippen LogP contribution in [0, 0.1) is 0 Å². The molecule has 2 rings (SSSR count). The molecule has 2 aromatic carbocycles. The molecular formula is C21H22N2O7. The minimum absolute atomic E-state index is 0.0459. The summed E-state index contributed by atoms with van der Waals surface area (Å²) in [4.78, 5) is 47.5. The SMILES string of the molecule is COC(=O)CNC(=O)C(OC(=O)CNC(=O)OCc1ccccc1)c1ccccc1. The Hall–Kier alpha value is -3.88. The van der Waals surface area contributed by atoms with Gasteiger partial charge in [-0.1, -0.05) is 60.7 Å². The molecule has 0 heterocycles. The summed E-state index contributed by atoms with van der Waals surface area (Å²) >= 11 is 0. The standard InChI is InChI=1S/C21H22N2O7/c1-28-17(24)12-22-20(26)19(16-10-6-3-7-11-16)30-18(25)13-23-21(27)29-14-15-8-4-2-5-9-15/h2-11,19H,12-14H2,1H3,(H,22,26)(H,23,27). The summed E-state index contributed by atoms with van der Waals surface area (Å²) in [5, 5.41) is 4.60. The molecule has 0 bridgehead atoms. The van der Waals surface area contributed by atoms with E-state index in [9.17, 15) is 19.2 Å². The van der Waals surface area contributed by atoms with Gasteiger partial charge in [-0.25, -0.2) is 4.79 Å². The number of esters is 2. The molecule has 0 aliphatic rings. The Morgan fingerprint density at radius 2 is 1.43 bits per heavy atom. The first kappa shape index (κ1) is 22.4. The maximum atomic E-state index is 12.4. The van der Waals surface area contributed by atoms with Crippen LogP contribution >= 0.6 is 0 Å². The number of benzene rings is 2. The Kier molecular flexibility index (Phi) is 8.85. The van der Waals surface area contributed by atoms with Crippen molar-refractivity contribution in [2.45, 2.75) is 12.7 Å². The molecule has 158 valence electrons. The molecule has 0 saturated carbocycles. The summed E-state index contributed by atoms with van der Waals surface area (Å²) in [7, 11) is 1.19. The lowest BCUT2D eigenvalue weighted by Crippen LogP contribution is -2.38. The van der Waals surface area contributed by atoms with Crippen LogP contribution in [0.25, 0.3) is 0 Å². The molecule has 0 aromatic heterocycles. The summed E-state index contributed by atoms with van der Waals surface area (Å²) in [6.07, 6.45) is -2.10. The van der Waals surface area contributed by atoms with Gasteiger partial charge in [0.2, 0.25) is 6.10 Å². The van der Waals surface area contributed by atoms with Gasteiger partial charge < -0.3 is 24.8 Å². The smallest absolute Gasteiger partial charge is 0.407 e. The van der Waals surface area contributed by atoms with Crippen LogP contribution in [-0.4, -0.2) is 44.1 Å². The highest BCUT2D eigenvalue weighted by Gasteiger charge is 2.25. The molecule has 0 saturated heterocycles. The Balaban J connectivity index is 1.88. The van der Waals surface area contributed by atoms with E-state index < -0.39 is 36.6 Å². The van der Waals surface area contributed by atoms with E-state index in [1.165, 1.54) is 7.11 Å². The van der Waals surface area contributed by atoms with Gasteiger partial charge in [-0.15, -0.1) is 0 Å². The number of ether oxygens (including phenoxy) is 3. The zero-order chi connectivity index (χ0) is 21.8. The topological polar surface area (TPSA) is 120 Å². The van der Waals surface area contributed by atoms with Crippen LogP contribution < -0.4 is 10.6 Å². The molecule has 2 amide bonds. The van der Waals surface area contributed by atoms with Gasteiger partial charge in [0, 0.05) is 5.56 Å². The van der Waals surface area contributed by atoms with Crippen molar-refractivity contribution < 1.29 is 33.4 Å². The highest BCUT2D eigenvalue weighted by Crippen LogP contribution is 2.17. The molecule has 30 heavy (non-hydrogen) atoms. The number of alkyl carbamates (subject to hydrolysis) is 1. The van der Waals surface area contributed by atoms with E-state index in [1.54, 1.807) is 42.5 Å². The van der Waals surface area contributed by atoms with Crippen molar-refractivity contribution in [2.24, 2.45) is 0 Å². The van der Waals surface area contributed by atoms with Crippen molar-refractivity contribution in [1.29, 1.82) is 0 Å². The van der Waals surface area contributed by atoms with Crippen molar-refractivity contribution in [3.05, 3.63) is 71.8 Å². The Morgan fingerprint density at radius 3 is 2.07 bits per heavy atom. The number of amides is 2. The average Bonchev–Trinajstić information content (AvgIpc) is 2.79. The van der Waals surface area contributed by atoms with Crippen LogP contribution in [0.1, 0.15) is 17.2 Å². The summed E-state index contributed by atoms with van der Waals surface area (Å²) in [5.41, 5.74) is 1.20. The second kappa shape index (κ2) is 11.8. The number of methoxy groups -OCH3 is 1. The Bertz CT molecular complexity index is 856. The third kappa shape index (κ3) is 7.63. The van der Waals surface area contributed by atoms with Crippen molar-refractivity contribution in [3.8, 4) is 0 Å². The predicted molar refractivity (Wildman–Crippen MR) is 105 cm³/mol. The number of hydrogen-bond acceptors (Lipinski definition) is 7. The molecule has 1 unspecified atom stereocenters. The van der Waals surface area contributed by atoms with E-state index in [1.807, 2.05) is 18.2 Å². The molecule has 1 atom stereocenters. The van der Waals surface area contributed by atoms with Gasteiger partial charge in [-0.05, 0) is 5.56 Å². The predicted octanol–water partition coefficient (Wildman–Crippen LogP) is 1.49. The van der Waals surface area contributed by atoms with Crippen molar-refractivity contribution in [3.63, 3.8) is 0 Å². The minimum atomic E-state index is -1.30. The second-order valence-electron chi connectivity index (χ2n) is 5.99. The fourth-order valence-corrected chi connectivity index (χ4v) is 2.32. The highest BCUT2D eigenvalue weighted by atomic mass is 16.6. The van der Waals surface area contributed by atoms with E-state index in [2.05, 4.69) is 15.4 Å². The third-order valence-corrected chi connectivity index (χ3v) is 3.81. The number of hydrogen-bond donors (Lipinski definition) is 2. The van der Waals surface area contributed by atoms with E-state index in [0.29, 0.717) is 5.56 Å². The number of carbonyl (C=O) groups is 4. The number of rotatable bonds is 9. The molecular weight excluding hydrogens is 392 g/mol. The van der Waals surface area contributed by atoms with Gasteiger partial charge in [-0.3, -0.25) is 14.4 Å². The fourth-order valence-electron chi connectivity index (χ4n) is 2.32. The molecule has 2 aromatic rings. The maximum Gasteiger partial charge on any atom is 0.407 e. The third-order valence-electron chi connectivity index (χ3n) is 3.81. The first-order chi connectivity index (χ1) is 14.5. The van der Waals surface area contributed by atoms with Crippen molar-refractivity contribution >= 4 is 23.9 Å². The number of carbonyl (C=O) groups excluding carboxylic acids is 4. The molecule has 9 heteroatoms. The fraction of sp³-hybridized carbons (Fsp3) is 0.238. The zero-order valence-corrected chi connectivity index (χ0v) is 16.3. The minimum Gasteiger partial charge on any atom is -0.468 e. The number of nitrogens with one attached hydrogen (secondary N) is 2. The maximum absolute atomic E-state index is 12.4. The summed E-state index contributed by atoms with van der Waals surface area (Å²) in [6, 6.07) is 17.3. The largest absolute Gasteiger partial charge is 0.468 e. The molecule has 0 aliphatic carbocycles. The van der Waals surface area contributed by atoms with Crippen molar-refractivity contribution in [1.82, 2.24) is 10.6 Å². The van der Waals surface area contributed by atoms with E-state index in [-0.39, 0.29) is 13.2 Å². The van der Waals surface area contributed by atoms with Crippen molar-refractivity contribution in [2.75, 3.05) is 20.2 Å². The normalized spacial score (nSPS) is 11.0. The molecule has 9 nitrogen and oxygen atoms in total. The summed E-state index contributed by atoms with van der Waals surface area (Å²) in [5.74, 6) is -2.20. The molecule has 0 radical (unpaired) electrons.